The third-order valence-corrected chi connectivity index (χ3v) is 3.50. The molecule has 0 aromatic heterocycles. The molecule has 7 nitrogen and oxygen atoms in total. The van der Waals surface area contributed by atoms with Gasteiger partial charge in [0.05, 0.1) is 12.1 Å². The van der Waals surface area contributed by atoms with E-state index in [-0.39, 0.29) is 18.6 Å². The zero-order chi connectivity index (χ0) is 15.9. The van der Waals surface area contributed by atoms with Crippen molar-refractivity contribution in [2.45, 2.75) is 25.0 Å². The van der Waals surface area contributed by atoms with E-state index in [1.807, 2.05) is 0 Å². The Bertz CT molecular complexity index is 518. The Kier molecular flexibility index (Phi) is 5.74. The van der Waals surface area contributed by atoms with E-state index in [2.05, 4.69) is 10.6 Å². The quantitative estimate of drug-likeness (QED) is 0.580. The minimum atomic E-state index is -0.559. The van der Waals surface area contributed by atoms with Crippen LogP contribution in [0.2, 0.25) is 0 Å². The maximum Gasteiger partial charge on any atom is 0.255 e. The van der Waals surface area contributed by atoms with Crippen LogP contribution in [0, 0.1) is 0 Å². The number of aliphatic hydroxyl groups excluding tert-OH is 1. The van der Waals surface area contributed by atoms with E-state index in [1.54, 1.807) is 24.3 Å². The SMILES string of the molecule is NC(=O)COc1ccc(C(=O)N[C@@H]2CNCCC[C@H]2O)cc1. The molecule has 0 saturated carbocycles. The van der Waals surface area contributed by atoms with Crippen LogP contribution in [0.5, 0.6) is 5.75 Å². The molecule has 22 heavy (non-hydrogen) atoms. The summed E-state index contributed by atoms with van der Waals surface area (Å²) in [6.07, 6.45) is 1.01. The molecule has 0 spiro atoms. The van der Waals surface area contributed by atoms with E-state index >= 15 is 0 Å². The molecular weight excluding hydrogens is 286 g/mol. The van der Waals surface area contributed by atoms with Crippen molar-refractivity contribution < 1.29 is 19.4 Å². The predicted molar refractivity (Wildman–Crippen MR) is 80.5 cm³/mol. The molecule has 0 unspecified atom stereocenters. The van der Waals surface area contributed by atoms with E-state index in [1.165, 1.54) is 0 Å². The van der Waals surface area contributed by atoms with Crippen LogP contribution in [0.4, 0.5) is 0 Å². The molecule has 1 aliphatic rings. The lowest BCUT2D eigenvalue weighted by molar-refractivity contribution is -0.119. The Hall–Kier alpha value is -2.12. The molecule has 5 N–H and O–H groups in total. The Morgan fingerprint density at radius 3 is 2.77 bits per heavy atom. The van der Waals surface area contributed by atoms with Crippen molar-refractivity contribution in [2.75, 3.05) is 19.7 Å². The number of nitrogens with two attached hydrogens (primary N) is 1. The number of ether oxygens (including phenoxy) is 1. The predicted octanol–water partition coefficient (Wildman–Crippen LogP) is -0.607. The second-order valence-electron chi connectivity index (χ2n) is 5.27. The number of nitrogens with one attached hydrogen (secondary N) is 2. The van der Waals surface area contributed by atoms with Gasteiger partial charge in [-0.25, -0.2) is 0 Å². The van der Waals surface area contributed by atoms with Crippen LogP contribution in [0.25, 0.3) is 0 Å². The fourth-order valence-electron chi connectivity index (χ4n) is 2.29. The Labute approximate surface area is 128 Å². The Balaban J connectivity index is 1.92. The highest BCUT2D eigenvalue weighted by Gasteiger charge is 2.23. The molecule has 2 rings (SSSR count). The van der Waals surface area contributed by atoms with E-state index in [4.69, 9.17) is 10.5 Å². The van der Waals surface area contributed by atoms with Crippen LogP contribution in [0.1, 0.15) is 23.2 Å². The van der Waals surface area contributed by atoms with E-state index in [9.17, 15) is 14.7 Å². The maximum atomic E-state index is 12.2. The van der Waals surface area contributed by atoms with Crippen molar-refractivity contribution in [1.29, 1.82) is 0 Å². The largest absolute Gasteiger partial charge is 0.484 e. The van der Waals surface area contributed by atoms with Crippen LogP contribution in [0.15, 0.2) is 24.3 Å². The van der Waals surface area contributed by atoms with Crippen molar-refractivity contribution >= 4 is 11.8 Å². The first-order chi connectivity index (χ1) is 10.6. The summed E-state index contributed by atoms with van der Waals surface area (Å²) in [5, 5.41) is 16.0. The highest BCUT2D eigenvalue weighted by Crippen LogP contribution is 2.13. The lowest BCUT2D eigenvalue weighted by atomic mass is 10.1. The summed E-state index contributed by atoms with van der Waals surface area (Å²) in [7, 11) is 0. The van der Waals surface area contributed by atoms with Gasteiger partial charge in [-0.05, 0) is 43.7 Å². The molecule has 1 aromatic rings. The summed E-state index contributed by atoms with van der Waals surface area (Å²) in [6.45, 7) is 1.19. The number of hydrogen-bond acceptors (Lipinski definition) is 5. The van der Waals surface area contributed by atoms with E-state index < -0.39 is 12.0 Å². The lowest BCUT2D eigenvalue weighted by Gasteiger charge is -2.21. The summed E-state index contributed by atoms with van der Waals surface area (Å²) < 4.78 is 5.13. The first-order valence-electron chi connectivity index (χ1n) is 7.27. The zero-order valence-corrected chi connectivity index (χ0v) is 12.2. The van der Waals surface area contributed by atoms with Gasteiger partial charge < -0.3 is 26.2 Å². The van der Waals surface area contributed by atoms with Crippen molar-refractivity contribution in [1.82, 2.24) is 10.6 Å². The minimum Gasteiger partial charge on any atom is -0.484 e. The average Bonchev–Trinajstić information content (AvgIpc) is 2.70. The number of primary amides is 1. The average molecular weight is 307 g/mol. The van der Waals surface area contributed by atoms with Gasteiger partial charge in [0.15, 0.2) is 6.61 Å². The number of carbonyl (C=O) groups is 2. The zero-order valence-electron chi connectivity index (χ0n) is 12.2. The summed E-state index contributed by atoms with van der Waals surface area (Å²) in [5.41, 5.74) is 5.45. The molecule has 2 atom stereocenters. The van der Waals surface area contributed by atoms with Crippen molar-refractivity contribution in [2.24, 2.45) is 5.73 Å². The first-order valence-corrected chi connectivity index (χ1v) is 7.27. The summed E-state index contributed by atoms with van der Waals surface area (Å²) >= 11 is 0. The van der Waals surface area contributed by atoms with Crippen molar-refractivity contribution in [3.8, 4) is 5.75 Å². The van der Waals surface area contributed by atoms with Gasteiger partial charge in [-0.15, -0.1) is 0 Å². The maximum absolute atomic E-state index is 12.2. The van der Waals surface area contributed by atoms with Crippen LogP contribution < -0.4 is 21.1 Å². The smallest absolute Gasteiger partial charge is 0.255 e. The number of aliphatic hydroxyl groups is 1. The van der Waals surface area contributed by atoms with E-state index in [0.717, 1.165) is 13.0 Å². The number of rotatable bonds is 5. The molecule has 1 saturated heterocycles. The number of hydrogen-bond donors (Lipinski definition) is 4. The molecule has 120 valence electrons. The van der Waals surface area contributed by atoms with Gasteiger partial charge in [0.2, 0.25) is 0 Å². The molecule has 0 aliphatic carbocycles. The number of carbonyl (C=O) groups excluding carboxylic acids is 2. The summed E-state index contributed by atoms with van der Waals surface area (Å²) in [5.74, 6) is -0.350. The summed E-state index contributed by atoms with van der Waals surface area (Å²) in [6, 6.07) is 6.09. The third kappa shape index (κ3) is 4.71. The van der Waals surface area contributed by atoms with Gasteiger partial charge in [-0.2, -0.15) is 0 Å². The van der Waals surface area contributed by atoms with E-state index in [0.29, 0.717) is 24.3 Å². The van der Waals surface area contributed by atoms with Crippen molar-refractivity contribution in [3.05, 3.63) is 29.8 Å². The van der Waals surface area contributed by atoms with Crippen LogP contribution >= 0.6 is 0 Å². The van der Waals surface area contributed by atoms with Gasteiger partial charge in [-0.1, -0.05) is 0 Å². The third-order valence-electron chi connectivity index (χ3n) is 3.50. The van der Waals surface area contributed by atoms with Crippen LogP contribution in [-0.2, 0) is 4.79 Å². The van der Waals surface area contributed by atoms with Crippen LogP contribution in [0.3, 0.4) is 0 Å². The number of benzene rings is 1. The van der Waals surface area contributed by atoms with Gasteiger partial charge in [-0.3, -0.25) is 9.59 Å². The highest BCUT2D eigenvalue weighted by molar-refractivity contribution is 5.94. The molecule has 0 bridgehead atoms. The molecular formula is C15H21N3O4. The molecule has 7 heteroatoms. The minimum absolute atomic E-state index is 0.203. The monoisotopic (exact) mass is 307 g/mol. The molecule has 2 amide bonds. The Morgan fingerprint density at radius 2 is 2.09 bits per heavy atom. The second kappa shape index (κ2) is 7.77. The molecule has 1 aliphatic heterocycles. The van der Waals surface area contributed by atoms with Gasteiger partial charge in [0.1, 0.15) is 5.75 Å². The lowest BCUT2D eigenvalue weighted by Crippen LogP contribution is -2.47. The Morgan fingerprint density at radius 1 is 1.36 bits per heavy atom. The molecule has 1 fully saturated rings. The van der Waals surface area contributed by atoms with Gasteiger partial charge in [0, 0.05) is 12.1 Å². The highest BCUT2D eigenvalue weighted by atomic mass is 16.5. The molecule has 1 heterocycles. The normalized spacial score (nSPS) is 21.7. The number of amides is 2. The summed E-state index contributed by atoms with van der Waals surface area (Å²) in [4.78, 5) is 22.8. The van der Waals surface area contributed by atoms with Crippen LogP contribution in [-0.4, -0.2) is 48.8 Å². The molecule has 1 aromatic carbocycles. The van der Waals surface area contributed by atoms with Crippen molar-refractivity contribution in [3.63, 3.8) is 0 Å². The fraction of sp³-hybridized carbons (Fsp3) is 0.467. The fourth-order valence-corrected chi connectivity index (χ4v) is 2.29. The standard InChI is InChI=1S/C15H21N3O4/c16-14(20)9-22-11-5-3-10(4-6-11)15(21)18-12-8-17-7-1-2-13(12)19/h3-6,12-13,17,19H,1-2,7-9H2,(H2,16,20)(H,18,21)/t12-,13-/m1/s1. The first kappa shape index (κ1) is 16.3. The van der Waals surface area contributed by atoms with Gasteiger partial charge >= 0.3 is 0 Å². The molecule has 0 radical (unpaired) electrons. The second-order valence-corrected chi connectivity index (χ2v) is 5.27. The topological polar surface area (TPSA) is 114 Å². The van der Waals surface area contributed by atoms with Gasteiger partial charge in [0.25, 0.3) is 11.8 Å².